The SMILES string of the molecule is COC1OC(COC(=O)c2ccccc2)C(O[C@H]2O[C@@H](COC(C)=O)[C@@H](OC3OC(COC(=O)c4ccccc4)C(OC)[C@H](OCc4ccccc4)[C@H]3N=[N+]=[N-])C(OCc3ccccc3)C2OC(=O)c2ccccc2)[C@@H](OCc2ccccc2)[C@H]1N=[N+]=[N-]. The summed E-state index contributed by atoms with van der Waals surface area (Å²) in [5.74, 6) is -3.03. The van der Waals surface area contributed by atoms with E-state index in [1.807, 2.05) is 66.7 Å². The van der Waals surface area contributed by atoms with Crippen LogP contribution in [0.3, 0.4) is 0 Å². The topological polar surface area (TPSA) is 295 Å². The summed E-state index contributed by atoms with van der Waals surface area (Å²) in [5, 5.41) is 8.27. The number of rotatable bonds is 27. The fraction of sp³-hybridized carbons (Fsp3) is 0.375. The van der Waals surface area contributed by atoms with E-state index in [0.29, 0.717) is 11.1 Å². The molecule has 6 aromatic rings. The second-order valence-corrected chi connectivity index (χ2v) is 20.4. The molecule has 3 fully saturated rings. The molecule has 9 rings (SSSR count). The Labute approximate surface area is 506 Å². The molecule has 3 heterocycles. The number of ether oxygens (including phenoxy) is 14. The Hall–Kier alpha value is -8.58. The molecular formula is C64H66N6O18. The third-order valence-corrected chi connectivity index (χ3v) is 14.6. The molecule has 24 heteroatoms. The van der Waals surface area contributed by atoms with Gasteiger partial charge in [-0.15, -0.1) is 0 Å². The Morgan fingerprint density at radius 1 is 0.409 bits per heavy atom. The van der Waals surface area contributed by atoms with E-state index in [1.54, 1.807) is 103 Å². The molecule has 0 amide bonds. The zero-order chi connectivity index (χ0) is 61.6. The van der Waals surface area contributed by atoms with E-state index in [1.165, 1.54) is 33.3 Å². The van der Waals surface area contributed by atoms with E-state index in [2.05, 4.69) is 20.1 Å². The van der Waals surface area contributed by atoms with Crippen LogP contribution in [-0.4, -0.2) is 150 Å². The Morgan fingerprint density at radius 3 is 1.19 bits per heavy atom. The van der Waals surface area contributed by atoms with Gasteiger partial charge in [0.2, 0.25) is 0 Å². The predicted octanol–water partition coefficient (Wildman–Crippen LogP) is 9.21. The van der Waals surface area contributed by atoms with E-state index >= 15 is 0 Å². The summed E-state index contributed by atoms with van der Waals surface area (Å²) in [4.78, 5) is 61.3. The molecular weight excluding hydrogens is 1140 g/mol. The van der Waals surface area contributed by atoms with Gasteiger partial charge in [-0.2, -0.15) is 0 Å². The number of nitrogens with zero attached hydrogens (tertiary/aromatic N) is 6. The first kappa shape index (κ1) is 63.9. The second kappa shape index (κ2) is 32.4. The van der Waals surface area contributed by atoms with Gasteiger partial charge in [0, 0.05) is 31.0 Å². The predicted molar refractivity (Wildman–Crippen MR) is 310 cm³/mol. The van der Waals surface area contributed by atoms with Crippen LogP contribution in [0.15, 0.2) is 192 Å². The van der Waals surface area contributed by atoms with Gasteiger partial charge in [-0.05, 0) is 64.2 Å². The highest BCUT2D eigenvalue weighted by Gasteiger charge is 2.58. The highest BCUT2D eigenvalue weighted by Crippen LogP contribution is 2.39. The number of carbonyl (C=O) groups excluding carboxylic acids is 4. The lowest BCUT2D eigenvalue weighted by Gasteiger charge is -2.50. The molecule has 460 valence electrons. The van der Waals surface area contributed by atoms with Gasteiger partial charge in [0.25, 0.3) is 0 Å². The first-order valence-electron chi connectivity index (χ1n) is 28.3. The van der Waals surface area contributed by atoms with Crippen molar-refractivity contribution in [1.82, 2.24) is 0 Å². The number of carbonyl (C=O) groups is 4. The number of hydrogen-bond acceptors (Lipinski definition) is 20. The van der Waals surface area contributed by atoms with Crippen molar-refractivity contribution in [3.63, 3.8) is 0 Å². The second-order valence-electron chi connectivity index (χ2n) is 20.4. The van der Waals surface area contributed by atoms with Crippen molar-refractivity contribution < 1.29 is 85.5 Å². The first-order valence-corrected chi connectivity index (χ1v) is 28.3. The Kier molecular flexibility index (Phi) is 23.5. The van der Waals surface area contributed by atoms with Crippen molar-refractivity contribution in [3.8, 4) is 0 Å². The number of hydrogen-bond donors (Lipinski definition) is 0. The van der Waals surface area contributed by atoms with Crippen LogP contribution in [0.2, 0.25) is 0 Å². The molecule has 0 aromatic heterocycles. The molecule has 0 N–H and O–H groups in total. The van der Waals surface area contributed by atoms with Gasteiger partial charge in [0.15, 0.2) is 25.0 Å². The third-order valence-electron chi connectivity index (χ3n) is 14.6. The average molecular weight is 1210 g/mol. The molecule has 8 unspecified atom stereocenters. The zero-order valence-corrected chi connectivity index (χ0v) is 48.3. The van der Waals surface area contributed by atoms with Crippen molar-refractivity contribution in [2.24, 2.45) is 10.2 Å². The molecule has 3 aliphatic heterocycles. The highest BCUT2D eigenvalue weighted by atomic mass is 16.8. The molecule has 3 aliphatic rings. The van der Waals surface area contributed by atoms with Gasteiger partial charge in [-0.25, -0.2) is 14.4 Å². The molecule has 0 saturated carbocycles. The first-order chi connectivity index (χ1) is 43.0. The number of azide groups is 2. The van der Waals surface area contributed by atoms with Gasteiger partial charge < -0.3 is 66.3 Å². The fourth-order valence-electron chi connectivity index (χ4n) is 10.4. The fourth-order valence-corrected chi connectivity index (χ4v) is 10.4. The minimum atomic E-state index is -1.80. The van der Waals surface area contributed by atoms with E-state index in [0.717, 1.165) is 5.56 Å². The Balaban J connectivity index is 1.16. The maximum atomic E-state index is 14.8. The standard InChI is InChI=1S/C64H66N6O18/c1-40(71)77-37-48-54(87-63-51(68-70-66)55(78-34-41-22-10-4-11-23-41)52(75-2)47(84-63)38-81-59(72)44-28-16-7-17-29-44)57(80-36-43-26-14-6-15-27-43)58(86-61(74)46-32-20-9-21-33-46)64(85-48)88-53-49(39-82-60(73)45-30-18-8-19-31-45)83-62(76-3)50(67-69-65)56(53)79-35-42-24-12-5-13-25-42/h4-33,47-58,62-64H,34-39H2,1-3H3/t47?,48-,49?,50+,51+,52?,53?,54+,55+,56-,57?,58?,62?,63?,64+/m0/s1. The molecule has 0 spiro atoms. The molecule has 24 nitrogen and oxygen atoms in total. The molecule has 6 aromatic carbocycles. The van der Waals surface area contributed by atoms with Gasteiger partial charge in [-0.3, -0.25) is 4.79 Å². The van der Waals surface area contributed by atoms with Gasteiger partial charge in [0.05, 0.1) is 36.5 Å². The van der Waals surface area contributed by atoms with Crippen LogP contribution in [-0.2, 0) is 90.9 Å². The van der Waals surface area contributed by atoms with E-state index in [4.69, 9.17) is 66.3 Å². The summed E-state index contributed by atoms with van der Waals surface area (Å²) in [6.07, 6.45) is -18.6. The summed E-state index contributed by atoms with van der Waals surface area (Å²) >= 11 is 0. The van der Waals surface area contributed by atoms with Crippen molar-refractivity contribution in [3.05, 3.63) is 236 Å². The molecule has 88 heavy (non-hydrogen) atoms. The lowest BCUT2D eigenvalue weighted by Crippen LogP contribution is -2.68. The average Bonchev–Trinajstić information content (AvgIpc) is 1.47. The van der Waals surface area contributed by atoms with Gasteiger partial charge in [-0.1, -0.05) is 156 Å². The molecule has 15 atom stereocenters. The van der Waals surface area contributed by atoms with E-state index in [9.17, 15) is 30.2 Å². The minimum Gasteiger partial charge on any atom is -0.463 e. The monoisotopic (exact) mass is 1210 g/mol. The van der Waals surface area contributed by atoms with Crippen molar-refractivity contribution >= 4 is 23.9 Å². The molecule has 0 bridgehead atoms. The maximum Gasteiger partial charge on any atom is 0.338 e. The van der Waals surface area contributed by atoms with Crippen LogP contribution in [0.4, 0.5) is 0 Å². The summed E-state index contributed by atoms with van der Waals surface area (Å²) in [6.45, 7) is -0.636. The van der Waals surface area contributed by atoms with Crippen LogP contribution < -0.4 is 0 Å². The molecule has 3 saturated heterocycles. The van der Waals surface area contributed by atoms with Crippen LogP contribution in [0.5, 0.6) is 0 Å². The minimum absolute atomic E-state index is 0.0218. The quantitative estimate of drug-likeness (QED) is 0.0152. The smallest absolute Gasteiger partial charge is 0.338 e. The van der Waals surface area contributed by atoms with Crippen LogP contribution in [0.1, 0.15) is 54.7 Å². The van der Waals surface area contributed by atoms with E-state index in [-0.39, 0.29) is 36.5 Å². The molecule has 0 radical (unpaired) electrons. The van der Waals surface area contributed by atoms with Crippen molar-refractivity contribution in [1.29, 1.82) is 0 Å². The largest absolute Gasteiger partial charge is 0.463 e. The lowest BCUT2D eigenvalue weighted by atomic mass is 9.94. The summed E-state index contributed by atoms with van der Waals surface area (Å²) in [7, 11) is 2.73. The Morgan fingerprint density at radius 2 is 0.761 bits per heavy atom. The zero-order valence-electron chi connectivity index (χ0n) is 48.3. The van der Waals surface area contributed by atoms with Crippen LogP contribution in [0.25, 0.3) is 20.9 Å². The lowest BCUT2D eigenvalue weighted by molar-refractivity contribution is -0.372. The number of esters is 4. The van der Waals surface area contributed by atoms with Crippen LogP contribution in [0, 0.1) is 0 Å². The maximum absolute atomic E-state index is 14.8. The third kappa shape index (κ3) is 16.9. The summed E-state index contributed by atoms with van der Waals surface area (Å²) < 4.78 is 90.4. The number of benzene rings is 6. The van der Waals surface area contributed by atoms with Crippen LogP contribution >= 0.6 is 0 Å². The highest BCUT2D eigenvalue weighted by molar-refractivity contribution is 5.90. The van der Waals surface area contributed by atoms with Crippen molar-refractivity contribution in [2.45, 2.75) is 119 Å². The Bertz CT molecular complexity index is 3260. The number of methoxy groups -OCH3 is 2. The van der Waals surface area contributed by atoms with Gasteiger partial charge >= 0.3 is 23.9 Å². The summed E-state index contributed by atoms with van der Waals surface area (Å²) in [5.41, 5.74) is 23.1. The molecule has 0 aliphatic carbocycles. The van der Waals surface area contributed by atoms with Gasteiger partial charge in [0.1, 0.15) is 86.8 Å². The van der Waals surface area contributed by atoms with Crippen molar-refractivity contribution in [2.75, 3.05) is 34.0 Å². The van der Waals surface area contributed by atoms with E-state index < -0.39 is 136 Å². The normalized spacial score (nSPS) is 26.6. The summed E-state index contributed by atoms with van der Waals surface area (Å²) in [6, 6.07) is 49.1.